The first-order chi connectivity index (χ1) is 14.8. The second-order valence-electron chi connectivity index (χ2n) is 7.62. The normalized spacial score (nSPS) is 17.9. The lowest BCUT2D eigenvalue weighted by atomic mass is 9.95. The van der Waals surface area contributed by atoms with Crippen molar-refractivity contribution >= 4 is 23.4 Å². The Morgan fingerprint density at radius 2 is 1.74 bits per heavy atom. The number of carboxylic acid groups (broad SMARTS) is 1. The topological polar surface area (TPSA) is 94.9 Å². The van der Waals surface area contributed by atoms with Crippen molar-refractivity contribution in [1.29, 1.82) is 0 Å². The van der Waals surface area contributed by atoms with Crippen LogP contribution >= 0.6 is 0 Å². The fourth-order valence-electron chi connectivity index (χ4n) is 3.74. The maximum Gasteiger partial charge on any atom is 0.303 e. The van der Waals surface area contributed by atoms with Crippen molar-refractivity contribution in [3.63, 3.8) is 0 Å². The average molecular weight is 425 g/mol. The van der Waals surface area contributed by atoms with Gasteiger partial charge in [-0.25, -0.2) is 4.39 Å². The fraction of sp³-hybridized carbons (Fsp3) is 0.292. The number of aryl methyl sites for hydroxylation is 1. The second kappa shape index (κ2) is 9.55. The Morgan fingerprint density at radius 3 is 2.39 bits per heavy atom. The Hall–Kier alpha value is -3.48. The number of aliphatic hydroxyl groups is 1. The van der Waals surface area contributed by atoms with E-state index in [2.05, 4.69) is 0 Å². The van der Waals surface area contributed by atoms with Crippen LogP contribution in [0.5, 0.6) is 0 Å². The molecule has 1 amide bonds. The molecule has 0 aromatic heterocycles. The van der Waals surface area contributed by atoms with E-state index in [9.17, 15) is 23.9 Å². The van der Waals surface area contributed by atoms with Gasteiger partial charge in [0.2, 0.25) is 0 Å². The number of unbranched alkanes of at least 4 members (excludes halogenated alkanes) is 2. The molecule has 0 bridgehead atoms. The van der Waals surface area contributed by atoms with Gasteiger partial charge in [-0.05, 0) is 37.5 Å². The Balaban J connectivity index is 1.97. The lowest BCUT2D eigenvalue weighted by molar-refractivity contribution is -0.140. The average Bonchev–Trinajstić information content (AvgIpc) is 2.98. The third kappa shape index (κ3) is 4.99. The van der Waals surface area contributed by atoms with Crippen molar-refractivity contribution in [2.75, 3.05) is 6.54 Å². The van der Waals surface area contributed by atoms with Gasteiger partial charge in [-0.3, -0.25) is 14.4 Å². The van der Waals surface area contributed by atoms with Gasteiger partial charge >= 0.3 is 5.97 Å². The van der Waals surface area contributed by atoms with Gasteiger partial charge in [-0.2, -0.15) is 0 Å². The van der Waals surface area contributed by atoms with Crippen molar-refractivity contribution in [3.05, 3.63) is 76.6 Å². The number of hydrogen-bond acceptors (Lipinski definition) is 4. The Labute approximate surface area is 179 Å². The van der Waals surface area contributed by atoms with Crippen LogP contribution < -0.4 is 0 Å². The zero-order valence-electron chi connectivity index (χ0n) is 17.2. The SMILES string of the molecule is Cc1ccc(/C(O)=C2/C(=O)C(=O)N(CCCCCC(=O)O)C2c2cccc(F)c2)cc1. The van der Waals surface area contributed by atoms with E-state index in [0.717, 1.165) is 5.56 Å². The standard InChI is InChI=1S/C24H24FNO5/c1-15-9-11-16(12-10-15)22(29)20-21(17-6-5-7-18(25)14-17)26(24(31)23(20)30)13-4-2-3-8-19(27)28/h5-7,9-12,14,21,29H,2-4,8,13H2,1H3,(H,27,28)/b22-20-. The molecule has 1 saturated heterocycles. The third-order valence-electron chi connectivity index (χ3n) is 5.32. The molecule has 1 unspecified atom stereocenters. The van der Waals surface area contributed by atoms with Crippen molar-refractivity contribution in [2.45, 2.75) is 38.6 Å². The highest BCUT2D eigenvalue weighted by atomic mass is 19.1. The number of rotatable bonds is 8. The molecule has 162 valence electrons. The Bertz CT molecular complexity index is 1030. The lowest BCUT2D eigenvalue weighted by Crippen LogP contribution is -2.30. The number of likely N-dealkylation sites (tertiary alicyclic amines) is 1. The number of halogens is 1. The number of aliphatic carboxylic acids is 1. The summed E-state index contributed by atoms with van der Waals surface area (Å²) in [7, 11) is 0. The first-order valence-corrected chi connectivity index (χ1v) is 10.1. The maximum atomic E-state index is 13.9. The van der Waals surface area contributed by atoms with Crippen LogP contribution in [-0.2, 0) is 14.4 Å². The molecule has 0 saturated carbocycles. The van der Waals surface area contributed by atoms with Crippen LogP contribution in [-0.4, -0.2) is 39.3 Å². The van der Waals surface area contributed by atoms with Gasteiger partial charge in [-0.15, -0.1) is 0 Å². The quantitative estimate of drug-likeness (QED) is 0.286. The highest BCUT2D eigenvalue weighted by Crippen LogP contribution is 2.39. The minimum absolute atomic E-state index is 0.0273. The molecule has 6 nitrogen and oxygen atoms in total. The summed E-state index contributed by atoms with van der Waals surface area (Å²) in [6.45, 7) is 2.08. The van der Waals surface area contributed by atoms with Crippen molar-refractivity contribution < 1.29 is 29.0 Å². The van der Waals surface area contributed by atoms with Crippen LogP contribution in [0.4, 0.5) is 4.39 Å². The molecular formula is C24H24FNO5. The van der Waals surface area contributed by atoms with Gasteiger partial charge < -0.3 is 15.1 Å². The predicted octanol–water partition coefficient (Wildman–Crippen LogP) is 4.20. The number of carbonyl (C=O) groups excluding carboxylic acids is 2. The predicted molar refractivity (Wildman–Crippen MR) is 113 cm³/mol. The van der Waals surface area contributed by atoms with Crippen LogP contribution in [0.1, 0.15) is 48.4 Å². The lowest BCUT2D eigenvalue weighted by Gasteiger charge is -2.25. The van der Waals surface area contributed by atoms with E-state index in [-0.39, 0.29) is 24.3 Å². The molecule has 0 radical (unpaired) electrons. The molecule has 2 aromatic carbocycles. The Morgan fingerprint density at radius 1 is 1.03 bits per heavy atom. The summed E-state index contributed by atoms with van der Waals surface area (Å²) in [6, 6.07) is 11.6. The van der Waals surface area contributed by atoms with Gasteiger partial charge in [0.15, 0.2) is 0 Å². The monoisotopic (exact) mass is 425 g/mol. The second-order valence-corrected chi connectivity index (χ2v) is 7.62. The number of hydrogen-bond donors (Lipinski definition) is 2. The number of aliphatic hydroxyl groups excluding tert-OH is 1. The molecule has 0 spiro atoms. The van der Waals surface area contributed by atoms with E-state index < -0.39 is 29.5 Å². The summed E-state index contributed by atoms with van der Waals surface area (Å²) in [5.41, 5.74) is 1.68. The molecule has 2 N–H and O–H groups in total. The molecule has 3 rings (SSSR count). The molecule has 1 aliphatic heterocycles. The molecule has 2 aromatic rings. The molecule has 1 aliphatic rings. The van der Waals surface area contributed by atoms with Gasteiger partial charge in [0.25, 0.3) is 11.7 Å². The van der Waals surface area contributed by atoms with Crippen LogP contribution in [0, 0.1) is 12.7 Å². The highest BCUT2D eigenvalue weighted by Gasteiger charge is 2.45. The molecule has 7 heteroatoms. The van der Waals surface area contributed by atoms with E-state index in [1.54, 1.807) is 30.3 Å². The van der Waals surface area contributed by atoms with Crippen LogP contribution in [0.3, 0.4) is 0 Å². The number of nitrogens with zero attached hydrogens (tertiary/aromatic N) is 1. The molecule has 0 aliphatic carbocycles. The van der Waals surface area contributed by atoms with E-state index >= 15 is 0 Å². The van der Waals surface area contributed by atoms with Crippen LogP contribution in [0.15, 0.2) is 54.1 Å². The van der Waals surface area contributed by atoms with Crippen molar-refractivity contribution in [1.82, 2.24) is 4.90 Å². The van der Waals surface area contributed by atoms with E-state index in [1.807, 2.05) is 6.92 Å². The largest absolute Gasteiger partial charge is 0.507 e. The van der Waals surface area contributed by atoms with Crippen LogP contribution in [0.25, 0.3) is 5.76 Å². The number of carboxylic acids is 1. The van der Waals surface area contributed by atoms with Crippen LogP contribution in [0.2, 0.25) is 0 Å². The summed E-state index contributed by atoms with van der Waals surface area (Å²) in [4.78, 5) is 37.7. The van der Waals surface area contributed by atoms with Gasteiger partial charge in [0.1, 0.15) is 11.6 Å². The van der Waals surface area contributed by atoms with Gasteiger partial charge in [-0.1, -0.05) is 48.4 Å². The number of carbonyl (C=O) groups is 3. The van der Waals surface area contributed by atoms with Crippen molar-refractivity contribution in [2.24, 2.45) is 0 Å². The van der Waals surface area contributed by atoms with Crippen molar-refractivity contribution in [3.8, 4) is 0 Å². The summed E-state index contributed by atoms with van der Waals surface area (Å²) in [5.74, 6) is -3.29. The number of benzene rings is 2. The van der Waals surface area contributed by atoms with E-state index in [1.165, 1.54) is 23.1 Å². The zero-order chi connectivity index (χ0) is 22.5. The molecule has 1 fully saturated rings. The van der Waals surface area contributed by atoms with Gasteiger partial charge in [0, 0.05) is 18.5 Å². The minimum atomic E-state index is -0.920. The van der Waals surface area contributed by atoms with Gasteiger partial charge in [0.05, 0.1) is 11.6 Å². The first kappa shape index (κ1) is 22.2. The Kier molecular flexibility index (Phi) is 6.84. The molecular weight excluding hydrogens is 401 g/mol. The fourth-order valence-corrected chi connectivity index (χ4v) is 3.74. The van der Waals surface area contributed by atoms with E-state index in [0.29, 0.717) is 30.4 Å². The summed E-state index contributed by atoms with van der Waals surface area (Å²) < 4.78 is 13.9. The minimum Gasteiger partial charge on any atom is -0.507 e. The first-order valence-electron chi connectivity index (χ1n) is 10.1. The zero-order valence-corrected chi connectivity index (χ0v) is 17.2. The van der Waals surface area contributed by atoms with E-state index in [4.69, 9.17) is 5.11 Å². The number of ketones is 1. The molecule has 1 heterocycles. The molecule has 31 heavy (non-hydrogen) atoms. The maximum absolute atomic E-state index is 13.9. The molecule has 1 atom stereocenters. The summed E-state index contributed by atoms with van der Waals surface area (Å²) in [6.07, 6.45) is 1.52. The number of amides is 1. The third-order valence-corrected chi connectivity index (χ3v) is 5.32. The number of Topliss-reactive ketones (excluding diaryl/α,β-unsaturated/α-hetero) is 1. The smallest absolute Gasteiger partial charge is 0.303 e. The summed E-state index contributed by atoms with van der Waals surface area (Å²) >= 11 is 0. The highest BCUT2D eigenvalue weighted by molar-refractivity contribution is 6.46. The summed E-state index contributed by atoms with van der Waals surface area (Å²) in [5, 5.41) is 19.7.